The van der Waals surface area contributed by atoms with E-state index >= 15 is 0 Å². The van der Waals surface area contributed by atoms with Crippen LogP contribution in [0, 0.1) is 5.41 Å². The summed E-state index contributed by atoms with van der Waals surface area (Å²) in [5.74, 6) is -2.99. The molecule has 0 saturated carbocycles. The molecule has 0 spiro atoms. The van der Waals surface area contributed by atoms with Crippen LogP contribution in [0.25, 0.3) is 11.1 Å². The average molecular weight is 411 g/mol. The van der Waals surface area contributed by atoms with Gasteiger partial charge in [0.05, 0.1) is 6.42 Å². The quantitative estimate of drug-likeness (QED) is 0.665. The van der Waals surface area contributed by atoms with Gasteiger partial charge in [0.2, 0.25) is 0 Å². The minimum Gasteiger partial charge on any atom is -0.481 e. The van der Waals surface area contributed by atoms with E-state index in [1.54, 1.807) is 0 Å². The van der Waals surface area contributed by atoms with Gasteiger partial charge in [-0.15, -0.1) is 0 Å². The Kier molecular flexibility index (Phi) is 5.82. The molecule has 2 atom stereocenters. The lowest BCUT2D eigenvalue weighted by Gasteiger charge is -2.36. The fraction of sp³-hybridized carbons (Fsp3) is 0.348. The number of carboxylic acid groups (broad SMARTS) is 2. The van der Waals surface area contributed by atoms with E-state index in [4.69, 9.17) is 9.84 Å². The molecule has 7 nitrogen and oxygen atoms in total. The highest BCUT2D eigenvalue weighted by molar-refractivity contribution is 5.85. The number of fused-ring (bicyclic) bond motifs is 3. The van der Waals surface area contributed by atoms with Crippen molar-refractivity contribution in [3.8, 4) is 11.1 Å². The molecule has 2 aromatic carbocycles. The number of carbonyl (C=O) groups excluding carboxylic acids is 1. The largest absolute Gasteiger partial charge is 0.481 e. The molecule has 1 unspecified atom stereocenters. The summed E-state index contributed by atoms with van der Waals surface area (Å²) in [7, 11) is 0. The first kappa shape index (κ1) is 21.4. The van der Waals surface area contributed by atoms with Crippen molar-refractivity contribution in [1.82, 2.24) is 5.32 Å². The molecule has 0 radical (unpaired) electrons. The average Bonchev–Trinajstić information content (AvgIpc) is 2.98. The summed E-state index contributed by atoms with van der Waals surface area (Å²) in [6.45, 7) is 5.83. The van der Waals surface area contributed by atoms with Crippen LogP contribution >= 0.6 is 0 Å². The number of carbonyl (C=O) groups is 3. The van der Waals surface area contributed by atoms with Crippen LogP contribution in [-0.2, 0) is 14.3 Å². The molecule has 30 heavy (non-hydrogen) atoms. The van der Waals surface area contributed by atoms with Gasteiger partial charge in [-0.3, -0.25) is 4.79 Å². The van der Waals surface area contributed by atoms with Gasteiger partial charge in [-0.2, -0.15) is 0 Å². The fourth-order valence-electron chi connectivity index (χ4n) is 3.93. The van der Waals surface area contributed by atoms with Crippen LogP contribution in [0.15, 0.2) is 48.5 Å². The van der Waals surface area contributed by atoms with Crippen molar-refractivity contribution < 1.29 is 29.3 Å². The number of aliphatic carboxylic acids is 2. The zero-order valence-electron chi connectivity index (χ0n) is 17.1. The summed E-state index contributed by atoms with van der Waals surface area (Å²) in [5.41, 5.74) is 3.74. The molecule has 0 bridgehead atoms. The van der Waals surface area contributed by atoms with Gasteiger partial charge in [0.1, 0.15) is 12.1 Å². The third-order valence-corrected chi connectivity index (χ3v) is 5.24. The van der Waals surface area contributed by atoms with Gasteiger partial charge in [0.15, 0.2) is 0 Å². The Morgan fingerprint density at radius 3 is 1.90 bits per heavy atom. The fourth-order valence-corrected chi connectivity index (χ4v) is 3.93. The van der Waals surface area contributed by atoms with Crippen molar-refractivity contribution in [1.29, 1.82) is 0 Å². The maximum Gasteiger partial charge on any atom is 0.408 e. The van der Waals surface area contributed by atoms with Gasteiger partial charge < -0.3 is 20.3 Å². The molecule has 0 aliphatic heterocycles. The Morgan fingerprint density at radius 2 is 1.47 bits per heavy atom. The Bertz CT molecular complexity index is 932. The number of rotatable bonds is 6. The van der Waals surface area contributed by atoms with Crippen molar-refractivity contribution in [2.45, 2.75) is 45.3 Å². The maximum atomic E-state index is 12.6. The summed E-state index contributed by atoms with van der Waals surface area (Å²) in [6, 6.07) is 14.3. The lowest BCUT2D eigenvalue weighted by atomic mass is 9.77. The maximum absolute atomic E-state index is 12.6. The van der Waals surface area contributed by atoms with E-state index in [1.165, 1.54) is 0 Å². The SMILES string of the molecule is CC(C)(C)C(OC(=O)N[C@@H](CC(=O)O)C(=O)O)C1c2ccccc2-c2ccccc21. The van der Waals surface area contributed by atoms with Crippen LogP contribution < -0.4 is 5.32 Å². The molecule has 158 valence electrons. The zero-order valence-corrected chi connectivity index (χ0v) is 17.1. The molecule has 1 amide bonds. The monoisotopic (exact) mass is 411 g/mol. The van der Waals surface area contributed by atoms with Crippen LogP contribution in [0.3, 0.4) is 0 Å². The highest BCUT2D eigenvalue weighted by atomic mass is 16.6. The number of hydrogen-bond donors (Lipinski definition) is 3. The molecule has 0 heterocycles. The highest BCUT2D eigenvalue weighted by Gasteiger charge is 2.42. The van der Waals surface area contributed by atoms with Crippen molar-refractivity contribution in [2.75, 3.05) is 0 Å². The Morgan fingerprint density at radius 1 is 0.967 bits per heavy atom. The summed E-state index contributed by atoms with van der Waals surface area (Å²) in [5, 5.41) is 20.3. The van der Waals surface area contributed by atoms with E-state index < -0.39 is 42.0 Å². The third kappa shape index (κ3) is 4.30. The standard InChI is InChI=1S/C23H25NO6/c1-23(2,3)20(30-22(29)24-17(21(27)28)12-18(25)26)19-15-10-6-4-8-13(15)14-9-5-7-11-16(14)19/h4-11,17,19-20H,12H2,1-3H3,(H,24,29)(H,25,26)(H,27,28)/t17-,20?/m0/s1. The molecule has 0 aromatic heterocycles. The molecule has 3 N–H and O–H groups in total. The second-order valence-electron chi connectivity index (χ2n) is 8.48. The predicted molar refractivity (Wildman–Crippen MR) is 110 cm³/mol. The van der Waals surface area contributed by atoms with Crippen LogP contribution in [0.2, 0.25) is 0 Å². The number of nitrogens with one attached hydrogen (secondary N) is 1. The normalized spacial score (nSPS) is 14.9. The van der Waals surface area contributed by atoms with E-state index in [-0.39, 0.29) is 5.92 Å². The number of ether oxygens (including phenoxy) is 1. The molecule has 0 saturated heterocycles. The van der Waals surface area contributed by atoms with Crippen molar-refractivity contribution >= 4 is 18.0 Å². The Labute approximate surface area is 174 Å². The number of alkyl carbamates (subject to hydrolysis) is 1. The van der Waals surface area contributed by atoms with E-state index in [9.17, 15) is 19.5 Å². The molecule has 7 heteroatoms. The summed E-state index contributed by atoms with van der Waals surface area (Å²) < 4.78 is 5.77. The first-order chi connectivity index (χ1) is 14.1. The molecule has 0 fully saturated rings. The summed E-state index contributed by atoms with van der Waals surface area (Å²) in [4.78, 5) is 34.8. The van der Waals surface area contributed by atoms with Crippen molar-refractivity contribution in [2.24, 2.45) is 5.41 Å². The third-order valence-electron chi connectivity index (χ3n) is 5.24. The molecular formula is C23H25NO6. The number of carboxylic acids is 2. The van der Waals surface area contributed by atoms with Gasteiger partial charge >= 0.3 is 18.0 Å². The van der Waals surface area contributed by atoms with Gasteiger partial charge in [0, 0.05) is 5.92 Å². The lowest BCUT2D eigenvalue weighted by Crippen LogP contribution is -2.46. The first-order valence-electron chi connectivity index (χ1n) is 9.69. The van der Waals surface area contributed by atoms with E-state index in [2.05, 4.69) is 5.32 Å². The second-order valence-corrected chi connectivity index (χ2v) is 8.48. The topological polar surface area (TPSA) is 113 Å². The van der Waals surface area contributed by atoms with Gasteiger partial charge in [-0.1, -0.05) is 69.3 Å². The zero-order chi connectivity index (χ0) is 22.1. The van der Waals surface area contributed by atoms with Crippen molar-refractivity contribution in [3.05, 3.63) is 59.7 Å². The van der Waals surface area contributed by atoms with Gasteiger partial charge in [-0.05, 0) is 27.7 Å². The molecule has 1 aliphatic rings. The molecule has 2 aromatic rings. The first-order valence-corrected chi connectivity index (χ1v) is 9.69. The Hall–Kier alpha value is -3.35. The van der Waals surface area contributed by atoms with Crippen LogP contribution in [-0.4, -0.2) is 40.4 Å². The minimum atomic E-state index is -1.57. The number of amides is 1. The van der Waals surface area contributed by atoms with Crippen LogP contribution in [0.5, 0.6) is 0 Å². The van der Waals surface area contributed by atoms with Gasteiger partial charge in [0.25, 0.3) is 0 Å². The Balaban J connectivity index is 1.93. The number of hydrogen-bond acceptors (Lipinski definition) is 4. The van der Waals surface area contributed by atoms with Crippen LogP contribution in [0.1, 0.15) is 44.2 Å². The van der Waals surface area contributed by atoms with E-state index in [0.29, 0.717) is 0 Å². The van der Waals surface area contributed by atoms with E-state index in [0.717, 1.165) is 22.3 Å². The minimum absolute atomic E-state index is 0.231. The lowest BCUT2D eigenvalue weighted by molar-refractivity contribution is -0.145. The molecular weight excluding hydrogens is 386 g/mol. The summed E-state index contributed by atoms with van der Waals surface area (Å²) in [6.07, 6.45) is -2.30. The predicted octanol–water partition coefficient (Wildman–Crippen LogP) is 3.87. The highest BCUT2D eigenvalue weighted by Crippen LogP contribution is 2.50. The van der Waals surface area contributed by atoms with Gasteiger partial charge in [-0.25, -0.2) is 9.59 Å². The smallest absolute Gasteiger partial charge is 0.408 e. The van der Waals surface area contributed by atoms with Crippen molar-refractivity contribution in [3.63, 3.8) is 0 Å². The second kappa shape index (κ2) is 8.18. The van der Waals surface area contributed by atoms with Crippen LogP contribution in [0.4, 0.5) is 4.79 Å². The number of benzene rings is 2. The summed E-state index contributed by atoms with van der Waals surface area (Å²) >= 11 is 0. The molecule has 3 rings (SSSR count). The van der Waals surface area contributed by atoms with E-state index in [1.807, 2.05) is 69.3 Å². The molecule has 1 aliphatic carbocycles.